The minimum atomic E-state index is 0.0496. The molecule has 0 atom stereocenters. The number of nitrogens with one attached hydrogen (secondary N) is 2. The van der Waals surface area contributed by atoms with E-state index in [-0.39, 0.29) is 12.5 Å². The van der Waals surface area contributed by atoms with Gasteiger partial charge < -0.3 is 10.6 Å². The average molecular weight is 455 g/mol. The predicted octanol–water partition coefficient (Wildman–Crippen LogP) is 4.44. The molecule has 1 fully saturated rings. The molecule has 0 aromatic heterocycles. The summed E-state index contributed by atoms with van der Waals surface area (Å²) in [6, 6.07) is 4.26. The number of anilines is 1. The van der Waals surface area contributed by atoms with E-state index in [2.05, 4.69) is 58.4 Å². The maximum Gasteiger partial charge on any atom is 0.239 e. The second kappa shape index (κ2) is 7.09. The number of amides is 1. The molecule has 2 rings (SSSR count). The smallest absolute Gasteiger partial charge is 0.239 e. The van der Waals surface area contributed by atoms with E-state index in [9.17, 15) is 4.79 Å². The lowest BCUT2D eigenvalue weighted by molar-refractivity contribution is -0.120. The Hall–Kier alpha value is -0.0700. The van der Waals surface area contributed by atoms with Crippen LogP contribution in [0.4, 0.5) is 5.69 Å². The molecule has 0 spiro atoms. The van der Waals surface area contributed by atoms with E-state index in [4.69, 9.17) is 0 Å². The van der Waals surface area contributed by atoms with Crippen LogP contribution in [0.5, 0.6) is 0 Å². The molecule has 1 aromatic rings. The van der Waals surface area contributed by atoms with E-state index >= 15 is 0 Å². The first-order valence-corrected chi connectivity index (χ1v) is 8.62. The summed E-state index contributed by atoms with van der Waals surface area (Å²) in [5.74, 6) is 0.0496. The summed E-state index contributed by atoms with van der Waals surface area (Å²) < 4.78 is 2.82. The van der Waals surface area contributed by atoms with Crippen LogP contribution in [0.1, 0.15) is 25.7 Å². The van der Waals surface area contributed by atoms with Gasteiger partial charge in [0.15, 0.2) is 0 Å². The van der Waals surface area contributed by atoms with Crippen molar-refractivity contribution in [2.24, 2.45) is 0 Å². The third-order valence-electron chi connectivity index (χ3n) is 3.15. The highest BCUT2D eigenvalue weighted by Gasteiger charge is 2.17. The molecule has 1 aromatic carbocycles. The molecule has 0 saturated heterocycles. The number of carbonyl (C=O) groups excluding carboxylic acids is 1. The van der Waals surface area contributed by atoms with Gasteiger partial charge in [-0.05, 0) is 56.8 Å². The molecule has 3 nitrogen and oxygen atoms in total. The first-order chi connectivity index (χ1) is 9.06. The topological polar surface area (TPSA) is 41.1 Å². The van der Waals surface area contributed by atoms with Crippen molar-refractivity contribution >= 4 is 59.4 Å². The van der Waals surface area contributed by atoms with Crippen LogP contribution in [-0.4, -0.2) is 18.5 Å². The minimum Gasteiger partial charge on any atom is -0.374 e. The van der Waals surface area contributed by atoms with Crippen molar-refractivity contribution in [3.63, 3.8) is 0 Å². The molecule has 1 amide bonds. The molecule has 0 heterocycles. The van der Waals surface area contributed by atoms with Crippen LogP contribution in [0.15, 0.2) is 25.6 Å². The maximum absolute atomic E-state index is 11.8. The van der Waals surface area contributed by atoms with Gasteiger partial charge in [-0.25, -0.2) is 0 Å². The Bertz CT molecular complexity index is 450. The van der Waals surface area contributed by atoms with Crippen molar-refractivity contribution in [3.05, 3.63) is 25.6 Å². The van der Waals surface area contributed by atoms with Gasteiger partial charge in [-0.2, -0.15) is 0 Å². The largest absolute Gasteiger partial charge is 0.374 e. The van der Waals surface area contributed by atoms with Gasteiger partial charge in [-0.15, -0.1) is 0 Å². The van der Waals surface area contributed by atoms with E-state index < -0.39 is 0 Å². The van der Waals surface area contributed by atoms with Crippen molar-refractivity contribution in [2.75, 3.05) is 11.9 Å². The van der Waals surface area contributed by atoms with Crippen LogP contribution in [0.3, 0.4) is 0 Å². The molecule has 1 saturated carbocycles. The SMILES string of the molecule is O=C(CNc1c(Br)cc(Br)cc1Br)NC1CCCC1. The number of hydrogen-bond acceptors (Lipinski definition) is 2. The highest BCUT2D eigenvalue weighted by molar-refractivity contribution is 9.11. The maximum atomic E-state index is 11.8. The lowest BCUT2D eigenvalue weighted by Crippen LogP contribution is -2.36. The van der Waals surface area contributed by atoms with E-state index in [0.29, 0.717) is 6.04 Å². The third kappa shape index (κ3) is 4.46. The molecule has 1 aliphatic carbocycles. The Balaban J connectivity index is 1.89. The fourth-order valence-corrected chi connectivity index (χ4v) is 4.77. The molecule has 0 aliphatic heterocycles. The van der Waals surface area contributed by atoms with Crippen LogP contribution in [0.25, 0.3) is 0 Å². The van der Waals surface area contributed by atoms with Gasteiger partial charge in [0.05, 0.1) is 12.2 Å². The molecule has 0 bridgehead atoms. The van der Waals surface area contributed by atoms with Crippen molar-refractivity contribution < 1.29 is 4.79 Å². The van der Waals surface area contributed by atoms with Gasteiger partial charge in [-0.3, -0.25) is 4.79 Å². The van der Waals surface area contributed by atoms with E-state index in [1.807, 2.05) is 12.1 Å². The lowest BCUT2D eigenvalue weighted by atomic mass is 10.2. The van der Waals surface area contributed by atoms with Crippen LogP contribution in [-0.2, 0) is 4.79 Å². The zero-order valence-corrected chi connectivity index (χ0v) is 15.1. The average Bonchev–Trinajstić information content (AvgIpc) is 2.80. The van der Waals surface area contributed by atoms with Crippen molar-refractivity contribution in [1.29, 1.82) is 0 Å². The molecule has 6 heteroatoms. The van der Waals surface area contributed by atoms with Crippen molar-refractivity contribution in [1.82, 2.24) is 5.32 Å². The zero-order chi connectivity index (χ0) is 13.8. The van der Waals surface area contributed by atoms with Gasteiger partial charge in [0.1, 0.15) is 0 Å². The number of carbonyl (C=O) groups is 1. The fraction of sp³-hybridized carbons (Fsp3) is 0.462. The standard InChI is InChI=1S/C13H15Br3N2O/c14-8-5-10(15)13(11(16)6-8)17-7-12(19)18-9-3-1-2-4-9/h5-6,9,17H,1-4,7H2,(H,18,19). The third-order valence-corrected chi connectivity index (χ3v) is 4.86. The number of benzene rings is 1. The van der Waals surface area contributed by atoms with Gasteiger partial charge in [0.25, 0.3) is 0 Å². The molecule has 19 heavy (non-hydrogen) atoms. The first kappa shape index (κ1) is 15.3. The Kier molecular flexibility index (Phi) is 5.71. The fourth-order valence-electron chi connectivity index (χ4n) is 2.23. The van der Waals surface area contributed by atoms with Crippen LogP contribution in [0, 0.1) is 0 Å². The van der Waals surface area contributed by atoms with Gasteiger partial charge >= 0.3 is 0 Å². The first-order valence-electron chi connectivity index (χ1n) is 6.24. The molecular formula is C13H15Br3N2O. The summed E-state index contributed by atoms with van der Waals surface area (Å²) in [6.45, 7) is 0.287. The van der Waals surface area contributed by atoms with Gasteiger partial charge in [0.2, 0.25) is 5.91 Å². The zero-order valence-electron chi connectivity index (χ0n) is 10.3. The van der Waals surface area contributed by atoms with Gasteiger partial charge in [0, 0.05) is 19.5 Å². The summed E-state index contributed by atoms with van der Waals surface area (Å²) in [6.07, 6.45) is 4.67. The highest BCUT2D eigenvalue weighted by Crippen LogP contribution is 2.34. The Labute approximate surface area is 138 Å². The second-order valence-corrected chi connectivity index (χ2v) is 7.27. The Morgan fingerprint density at radius 1 is 1.16 bits per heavy atom. The Morgan fingerprint density at radius 3 is 2.32 bits per heavy atom. The molecule has 0 unspecified atom stereocenters. The quantitative estimate of drug-likeness (QED) is 0.706. The minimum absolute atomic E-state index is 0.0496. The van der Waals surface area contributed by atoms with Gasteiger partial charge in [-0.1, -0.05) is 28.8 Å². The lowest BCUT2D eigenvalue weighted by Gasteiger charge is -2.14. The van der Waals surface area contributed by atoms with Crippen molar-refractivity contribution in [2.45, 2.75) is 31.7 Å². The van der Waals surface area contributed by atoms with Crippen LogP contribution in [0.2, 0.25) is 0 Å². The molecule has 1 aliphatic rings. The summed E-state index contributed by atoms with van der Waals surface area (Å²) in [5, 5.41) is 6.21. The monoisotopic (exact) mass is 452 g/mol. The molecular weight excluding hydrogens is 440 g/mol. The number of halogens is 3. The molecule has 0 radical (unpaired) electrons. The molecule has 104 valence electrons. The highest BCUT2D eigenvalue weighted by atomic mass is 79.9. The van der Waals surface area contributed by atoms with E-state index in [1.54, 1.807) is 0 Å². The summed E-state index contributed by atoms with van der Waals surface area (Å²) in [7, 11) is 0. The van der Waals surface area contributed by atoms with E-state index in [0.717, 1.165) is 31.9 Å². The number of rotatable bonds is 4. The van der Waals surface area contributed by atoms with Crippen molar-refractivity contribution in [3.8, 4) is 0 Å². The predicted molar refractivity (Wildman–Crippen MR) is 88.4 cm³/mol. The molecule has 2 N–H and O–H groups in total. The summed E-state index contributed by atoms with van der Waals surface area (Å²) >= 11 is 10.4. The second-order valence-electron chi connectivity index (χ2n) is 4.65. The summed E-state index contributed by atoms with van der Waals surface area (Å²) in [4.78, 5) is 11.8. The Morgan fingerprint density at radius 2 is 1.74 bits per heavy atom. The van der Waals surface area contributed by atoms with Crippen LogP contribution < -0.4 is 10.6 Å². The summed E-state index contributed by atoms with van der Waals surface area (Å²) in [5.41, 5.74) is 0.893. The van der Waals surface area contributed by atoms with E-state index in [1.165, 1.54) is 12.8 Å². The number of hydrogen-bond donors (Lipinski definition) is 2. The normalized spacial score (nSPS) is 15.5. The van der Waals surface area contributed by atoms with Crippen LogP contribution >= 0.6 is 47.8 Å².